The highest BCUT2D eigenvalue weighted by atomic mass is 16.5. The van der Waals surface area contributed by atoms with Crippen molar-refractivity contribution in [3.05, 3.63) is 60.8 Å². The molecule has 0 heterocycles. The molecule has 0 rings (SSSR count). The van der Waals surface area contributed by atoms with Crippen LogP contribution in [0.15, 0.2) is 60.8 Å². The molecule has 3 atom stereocenters. The highest BCUT2D eigenvalue weighted by Crippen LogP contribution is 2.18. The van der Waals surface area contributed by atoms with Crippen molar-refractivity contribution in [1.82, 2.24) is 5.32 Å². The van der Waals surface area contributed by atoms with Crippen LogP contribution in [-0.2, 0) is 14.3 Å². The monoisotopic (exact) mass is 882 g/mol. The molecule has 0 aromatic heterocycles. The molecule has 0 saturated carbocycles. The zero-order valence-corrected chi connectivity index (χ0v) is 41.7. The van der Waals surface area contributed by atoms with E-state index in [-0.39, 0.29) is 24.9 Å². The van der Waals surface area contributed by atoms with E-state index >= 15 is 0 Å². The summed E-state index contributed by atoms with van der Waals surface area (Å²) in [5, 5.41) is 23.8. The number of aliphatic hydroxyl groups excluding tert-OH is 2. The predicted octanol–water partition coefficient (Wildman–Crippen LogP) is 16.4. The van der Waals surface area contributed by atoms with Gasteiger partial charge in [0.2, 0.25) is 5.91 Å². The maximum atomic E-state index is 13.2. The summed E-state index contributed by atoms with van der Waals surface area (Å²) in [6, 6.07) is -0.717. The fourth-order valence-electron chi connectivity index (χ4n) is 8.08. The Morgan fingerprint density at radius 1 is 0.476 bits per heavy atom. The van der Waals surface area contributed by atoms with Crippen molar-refractivity contribution in [3.8, 4) is 0 Å². The summed E-state index contributed by atoms with van der Waals surface area (Å²) in [4.78, 5) is 26.2. The number of unbranched alkanes of at least 4 members (excludes halogenated alkanes) is 29. The smallest absolute Gasteiger partial charge is 0.306 e. The Hall–Kier alpha value is -2.44. The first-order valence-electron chi connectivity index (χ1n) is 27.1. The van der Waals surface area contributed by atoms with E-state index in [0.29, 0.717) is 19.3 Å². The summed E-state index contributed by atoms with van der Waals surface area (Å²) in [7, 11) is 0. The SMILES string of the molecule is CC/C=C/C=C/C=C/C=C\CCCCCC(CC(=O)NC(CO)C(O)CCCCCCCCCCCCCCC)OC(=O)CCCCCCC/C=C/CCCCCCCCCCC. The standard InChI is InChI=1S/C57H103NO5/c1-4-7-10-13-16-19-22-25-26-27-28-29-32-35-38-41-44-47-50-57(62)63-53(48-45-42-39-36-33-30-23-20-17-14-11-8-5-2)51-56(61)58-54(52-59)55(60)49-46-43-40-37-34-31-24-21-18-15-12-9-6-3/h8,11,14,17,20,23,28-30,33,53-55,59-60H,4-7,9-10,12-13,15-16,18-19,21-22,24-27,31-32,34-52H2,1-3H3,(H,58,61)/b11-8+,17-14+,23-20+,29-28+,33-30-. The summed E-state index contributed by atoms with van der Waals surface area (Å²) in [6.45, 7) is 6.34. The van der Waals surface area contributed by atoms with E-state index in [1.165, 1.54) is 141 Å². The molecule has 6 nitrogen and oxygen atoms in total. The quantitative estimate of drug-likeness (QED) is 0.0245. The highest BCUT2D eigenvalue weighted by molar-refractivity contribution is 5.77. The number of rotatable bonds is 48. The van der Waals surface area contributed by atoms with Gasteiger partial charge in [-0.05, 0) is 70.6 Å². The van der Waals surface area contributed by atoms with E-state index < -0.39 is 18.2 Å². The van der Waals surface area contributed by atoms with Crippen molar-refractivity contribution in [2.24, 2.45) is 0 Å². The Bertz CT molecular complexity index is 1130. The van der Waals surface area contributed by atoms with E-state index in [2.05, 4.69) is 62.5 Å². The molecule has 3 unspecified atom stereocenters. The summed E-state index contributed by atoms with van der Waals surface area (Å²) < 4.78 is 5.92. The van der Waals surface area contributed by atoms with E-state index in [0.717, 1.165) is 77.0 Å². The van der Waals surface area contributed by atoms with Crippen LogP contribution in [0.2, 0.25) is 0 Å². The largest absolute Gasteiger partial charge is 0.462 e. The number of aliphatic hydroxyl groups is 2. The van der Waals surface area contributed by atoms with Crippen molar-refractivity contribution < 1.29 is 24.5 Å². The lowest BCUT2D eigenvalue weighted by Crippen LogP contribution is -2.46. The average molecular weight is 882 g/mol. The van der Waals surface area contributed by atoms with Crippen molar-refractivity contribution in [1.29, 1.82) is 0 Å². The van der Waals surface area contributed by atoms with Crippen LogP contribution in [0.3, 0.4) is 0 Å². The third-order valence-electron chi connectivity index (χ3n) is 12.2. The van der Waals surface area contributed by atoms with Gasteiger partial charge >= 0.3 is 5.97 Å². The Balaban J connectivity index is 4.59. The summed E-state index contributed by atoms with van der Waals surface area (Å²) >= 11 is 0. The second kappa shape index (κ2) is 50.6. The minimum absolute atomic E-state index is 0.0476. The third kappa shape index (κ3) is 45.9. The van der Waals surface area contributed by atoms with Gasteiger partial charge in [0.1, 0.15) is 6.10 Å². The van der Waals surface area contributed by atoms with E-state index in [4.69, 9.17) is 4.74 Å². The Labute approximate surface area is 390 Å². The van der Waals surface area contributed by atoms with Gasteiger partial charge in [-0.3, -0.25) is 9.59 Å². The molecule has 0 saturated heterocycles. The van der Waals surface area contributed by atoms with Crippen molar-refractivity contribution >= 4 is 11.9 Å². The van der Waals surface area contributed by atoms with Gasteiger partial charge in [0.25, 0.3) is 0 Å². The first-order valence-corrected chi connectivity index (χ1v) is 27.1. The predicted molar refractivity (Wildman–Crippen MR) is 273 cm³/mol. The van der Waals surface area contributed by atoms with Gasteiger partial charge < -0.3 is 20.3 Å². The topological polar surface area (TPSA) is 95.9 Å². The molecule has 0 aromatic carbocycles. The Morgan fingerprint density at radius 2 is 0.873 bits per heavy atom. The van der Waals surface area contributed by atoms with Crippen LogP contribution in [0.4, 0.5) is 0 Å². The lowest BCUT2D eigenvalue weighted by molar-refractivity contribution is -0.151. The molecule has 63 heavy (non-hydrogen) atoms. The number of hydrogen-bond donors (Lipinski definition) is 3. The summed E-state index contributed by atoms with van der Waals surface area (Å²) in [6.07, 6.45) is 62.9. The van der Waals surface area contributed by atoms with Gasteiger partial charge in [-0.1, -0.05) is 242 Å². The fourth-order valence-corrected chi connectivity index (χ4v) is 8.08. The van der Waals surface area contributed by atoms with E-state index in [9.17, 15) is 19.8 Å². The second-order valence-electron chi connectivity index (χ2n) is 18.3. The van der Waals surface area contributed by atoms with Crippen LogP contribution >= 0.6 is 0 Å². The molecule has 0 aliphatic heterocycles. The molecule has 0 fully saturated rings. The first-order chi connectivity index (χ1) is 31.0. The normalized spacial score (nSPS) is 13.7. The molecule has 1 amide bonds. The lowest BCUT2D eigenvalue weighted by atomic mass is 10.0. The maximum Gasteiger partial charge on any atom is 0.306 e. The van der Waals surface area contributed by atoms with Gasteiger partial charge in [0.15, 0.2) is 0 Å². The molecule has 0 bridgehead atoms. The molecular weight excluding hydrogens is 779 g/mol. The van der Waals surface area contributed by atoms with Gasteiger partial charge in [0.05, 0.1) is 25.2 Å². The van der Waals surface area contributed by atoms with Crippen molar-refractivity contribution in [2.75, 3.05) is 6.61 Å². The second-order valence-corrected chi connectivity index (χ2v) is 18.3. The Kier molecular flexibility index (Phi) is 48.6. The number of carbonyl (C=O) groups is 2. The van der Waals surface area contributed by atoms with Gasteiger partial charge in [0, 0.05) is 6.42 Å². The molecule has 3 N–H and O–H groups in total. The minimum Gasteiger partial charge on any atom is -0.462 e. The highest BCUT2D eigenvalue weighted by Gasteiger charge is 2.24. The molecule has 366 valence electrons. The van der Waals surface area contributed by atoms with Crippen LogP contribution in [0, 0.1) is 0 Å². The number of hydrogen-bond acceptors (Lipinski definition) is 5. The van der Waals surface area contributed by atoms with Crippen LogP contribution in [0.25, 0.3) is 0 Å². The molecule has 6 heteroatoms. The van der Waals surface area contributed by atoms with Crippen molar-refractivity contribution in [3.63, 3.8) is 0 Å². The van der Waals surface area contributed by atoms with Crippen LogP contribution in [0.1, 0.15) is 265 Å². The Morgan fingerprint density at radius 3 is 1.37 bits per heavy atom. The zero-order valence-electron chi connectivity index (χ0n) is 41.7. The van der Waals surface area contributed by atoms with Crippen LogP contribution < -0.4 is 5.32 Å². The van der Waals surface area contributed by atoms with E-state index in [1.54, 1.807) is 0 Å². The van der Waals surface area contributed by atoms with Gasteiger partial charge in [-0.2, -0.15) is 0 Å². The molecule has 0 aliphatic carbocycles. The van der Waals surface area contributed by atoms with Crippen LogP contribution in [-0.4, -0.2) is 46.9 Å². The van der Waals surface area contributed by atoms with E-state index in [1.807, 2.05) is 24.3 Å². The van der Waals surface area contributed by atoms with Gasteiger partial charge in [-0.15, -0.1) is 0 Å². The number of nitrogens with one attached hydrogen (secondary N) is 1. The molecule has 0 aromatic rings. The molecular formula is C57H103NO5. The number of ether oxygens (including phenoxy) is 1. The molecule has 0 radical (unpaired) electrons. The number of allylic oxidation sites excluding steroid dienone is 10. The average Bonchev–Trinajstić information content (AvgIpc) is 3.28. The number of carbonyl (C=O) groups excluding carboxylic acids is 2. The van der Waals surface area contributed by atoms with Crippen molar-refractivity contribution in [2.45, 2.75) is 283 Å². The van der Waals surface area contributed by atoms with Gasteiger partial charge in [-0.25, -0.2) is 0 Å². The minimum atomic E-state index is -0.801. The lowest BCUT2D eigenvalue weighted by Gasteiger charge is -2.24. The summed E-state index contributed by atoms with van der Waals surface area (Å²) in [5.41, 5.74) is 0. The van der Waals surface area contributed by atoms with Crippen LogP contribution in [0.5, 0.6) is 0 Å². The first kappa shape index (κ1) is 60.6. The number of amides is 1. The number of esters is 1. The maximum absolute atomic E-state index is 13.2. The summed E-state index contributed by atoms with van der Waals surface area (Å²) in [5.74, 6) is -0.519. The molecule has 0 spiro atoms. The third-order valence-corrected chi connectivity index (χ3v) is 12.2. The molecule has 0 aliphatic rings. The zero-order chi connectivity index (χ0) is 45.9. The fraction of sp³-hybridized carbons (Fsp3) is 0.789.